The first-order valence-corrected chi connectivity index (χ1v) is 11.1. The van der Waals surface area contributed by atoms with Crippen LogP contribution in [-0.4, -0.2) is 6.54 Å². The van der Waals surface area contributed by atoms with E-state index in [1.165, 1.54) is 57.8 Å². The molecule has 0 aromatic carbocycles. The van der Waals surface area contributed by atoms with Crippen LogP contribution in [0, 0.1) is 40.4 Å². The molecule has 3 saturated carbocycles. The first-order chi connectivity index (χ1) is 12.0. The Morgan fingerprint density at radius 1 is 1.16 bits per heavy atom. The zero-order chi connectivity index (χ0) is 17.7. The van der Waals surface area contributed by atoms with Gasteiger partial charge in [0.25, 0.3) is 0 Å². The number of rotatable bonds is 4. The fraction of sp³-hybridized carbons (Fsp3) is 0.833. The maximum absolute atomic E-state index is 5.79. The topological polar surface area (TPSA) is 26.0 Å². The average Bonchev–Trinajstić information content (AvgIpc) is 2.96. The molecule has 0 radical (unpaired) electrons. The number of nitrogens with two attached hydrogens (primary N) is 1. The number of hydrogen-bond donors (Lipinski definition) is 1. The van der Waals surface area contributed by atoms with Gasteiger partial charge in [-0.1, -0.05) is 44.6 Å². The highest BCUT2D eigenvalue weighted by molar-refractivity contribution is 5.30. The minimum atomic E-state index is 0.474. The molecule has 4 aliphatic rings. The summed E-state index contributed by atoms with van der Waals surface area (Å²) in [6.07, 6.45) is 19.8. The van der Waals surface area contributed by atoms with E-state index < -0.39 is 0 Å². The van der Waals surface area contributed by atoms with Gasteiger partial charge in [0.15, 0.2) is 0 Å². The van der Waals surface area contributed by atoms with Gasteiger partial charge >= 0.3 is 0 Å². The van der Waals surface area contributed by atoms with E-state index in [0.717, 1.165) is 36.1 Å². The molecule has 0 aromatic rings. The molecule has 0 aromatic heterocycles. The fourth-order valence-electron chi connectivity index (χ4n) is 8.00. The van der Waals surface area contributed by atoms with Crippen molar-refractivity contribution in [1.29, 1.82) is 0 Å². The summed E-state index contributed by atoms with van der Waals surface area (Å²) >= 11 is 0. The summed E-state index contributed by atoms with van der Waals surface area (Å²) in [5.41, 5.74) is 8.65. The van der Waals surface area contributed by atoms with Crippen LogP contribution in [0.5, 0.6) is 0 Å². The van der Waals surface area contributed by atoms with E-state index in [2.05, 4.69) is 39.0 Å². The molecule has 140 valence electrons. The average molecular weight is 342 g/mol. The van der Waals surface area contributed by atoms with E-state index in [0.29, 0.717) is 10.8 Å². The zero-order valence-electron chi connectivity index (χ0n) is 16.8. The molecule has 0 saturated heterocycles. The van der Waals surface area contributed by atoms with Crippen molar-refractivity contribution in [2.24, 2.45) is 46.2 Å². The summed E-state index contributed by atoms with van der Waals surface area (Å²) in [5.74, 6) is 4.72. The van der Waals surface area contributed by atoms with E-state index in [-0.39, 0.29) is 0 Å². The fourth-order valence-corrected chi connectivity index (χ4v) is 8.00. The highest BCUT2D eigenvalue weighted by Gasteiger charge is 2.58. The molecule has 0 spiro atoms. The molecule has 0 heterocycles. The Labute approximate surface area is 155 Å². The molecule has 4 aliphatic carbocycles. The summed E-state index contributed by atoms with van der Waals surface area (Å²) in [5, 5.41) is 0. The molecule has 4 rings (SSSR count). The highest BCUT2D eigenvalue weighted by atomic mass is 14.6. The Morgan fingerprint density at radius 3 is 2.80 bits per heavy atom. The van der Waals surface area contributed by atoms with E-state index in [4.69, 9.17) is 5.73 Å². The van der Waals surface area contributed by atoms with E-state index in [1.807, 2.05) is 0 Å². The lowest BCUT2D eigenvalue weighted by Crippen LogP contribution is -2.50. The molecule has 2 N–H and O–H groups in total. The van der Waals surface area contributed by atoms with Gasteiger partial charge in [-0.3, -0.25) is 0 Å². The Morgan fingerprint density at radius 2 is 2.00 bits per heavy atom. The monoisotopic (exact) mass is 341 g/mol. The van der Waals surface area contributed by atoms with Crippen LogP contribution in [0.1, 0.15) is 78.6 Å². The van der Waals surface area contributed by atoms with Crippen LogP contribution in [0.25, 0.3) is 0 Å². The van der Waals surface area contributed by atoms with E-state index in [9.17, 15) is 0 Å². The Bertz CT molecular complexity index is 560. The third-order valence-corrected chi connectivity index (χ3v) is 9.34. The molecule has 0 unspecified atom stereocenters. The predicted molar refractivity (Wildman–Crippen MR) is 107 cm³/mol. The normalized spacial score (nSPS) is 46.8. The Kier molecular flexibility index (Phi) is 4.67. The second-order valence-corrected chi connectivity index (χ2v) is 10.3. The molecule has 25 heavy (non-hydrogen) atoms. The lowest BCUT2D eigenvalue weighted by Gasteiger charge is -2.58. The molecule has 0 amide bonds. The minimum Gasteiger partial charge on any atom is -0.330 e. The maximum Gasteiger partial charge on any atom is -0.00477 e. The SMILES string of the molecule is C[C@H](CCCN)[C@H]1CC[C@H]2[C@@H]3CCC4=CC=CC[C@]4(C)[C@H]3CC[C@]12C. The molecular formula is C24H39N. The van der Waals surface area contributed by atoms with Crippen molar-refractivity contribution >= 4 is 0 Å². The third kappa shape index (κ3) is 2.68. The van der Waals surface area contributed by atoms with Crippen molar-refractivity contribution in [2.75, 3.05) is 6.54 Å². The third-order valence-electron chi connectivity index (χ3n) is 9.34. The van der Waals surface area contributed by atoms with Gasteiger partial charge in [0.05, 0.1) is 0 Å². The van der Waals surface area contributed by atoms with Crippen LogP contribution in [0.2, 0.25) is 0 Å². The van der Waals surface area contributed by atoms with Crippen LogP contribution in [0.3, 0.4) is 0 Å². The van der Waals surface area contributed by atoms with Gasteiger partial charge in [-0.05, 0) is 105 Å². The van der Waals surface area contributed by atoms with Gasteiger partial charge in [0, 0.05) is 0 Å². The van der Waals surface area contributed by atoms with Gasteiger partial charge in [-0.2, -0.15) is 0 Å². The smallest absolute Gasteiger partial charge is 0.00477 e. The first-order valence-electron chi connectivity index (χ1n) is 11.1. The Balaban J connectivity index is 1.56. The van der Waals surface area contributed by atoms with Crippen molar-refractivity contribution in [3.05, 3.63) is 23.8 Å². The Hall–Kier alpha value is -0.560. The quantitative estimate of drug-likeness (QED) is 0.656. The lowest BCUT2D eigenvalue weighted by molar-refractivity contribution is -0.0546. The van der Waals surface area contributed by atoms with Crippen LogP contribution in [0.15, 0.2) is 23.8 Å². The molecule has 3 fully saturated rings. The first kappa shape index (κ1) is 17.8. The molecule has 1 heteroatoms. The van der Waals surface area contributed by atoms with Crippen molar-refractivity contribution in [3.63, 3.8) is 0 Å². The summed E-state index contributed by atoms with van der Waals surface area (Å²) in [6.45, 7) is 8.66. The van der Waals surface area contributed by atoms with Gasteiger partial charge in [-0.15, -0.1) is 0 Å². The molecule has 0 aliphatic heterocycles. The van der Waals surface area contributed by atoms with Crippen LogP contribution in [-0.2, 0) is 0 Å². The second-order valence-electron chi connectivity index (χ2n) is 10.3. The minimum absolute atomic E-state index is 0.474. The van der Waals surface area contributed by atoms with E-state index in [1.54, 1.807) is 5.57 Å². The molecule has 7 atom stereocenters. The maximum atomic E-state index is 5.79. The number of fused-ring (bicyclic) bond motifs is 5. The predicted octanol–water partition coefficient (Wildman–Crippen LogP) is 6.11. The molecule has 0 bridgehead atoms. The lowest BCUT2D eigenvalue weighted by atomic mass is 9.47. The number of hydrogen-bond acceptors (Lipinski definition) is 1. The van der Waals surface area contributed by atoms with Crippen molar-refractivity contribution in [1.82, 2.24) is 0 Å². The van der Waals surface area contributed by atoms with Crippen molar-refractivity contribution < 1.29 is 0 Å². The highest BCUT2D eigenvalue weighted by Crippen LogP contribution is 2.67. The van der Waals surface area contributed by atoms with Gasteiger partial charge < -0.3 is 5.73 Å². The van der Waals surface area contributed by atoms with Crippen LogP contribution >= 0.6 is 0 Å². The largest absolute Gasteiger partial charge is 0.330 e. The number of allylic oxidation sites excluding steroid dienone is 4. The van der Waals surface area contributed by atoms with Gasteiger partial charge in [-0.25, -0.2) is 0 Å². The summed E-state index contributed by atoms with van der Waals surface area (Å²) in [7, 11) is 0. The van der Waals surface area contributed by atoms with Crippen molar-refractivity contribution in [3.8, 4) is 0 Å². The van der Waals surface area contributed by atoms with E-state index >= 15 is 0 Å². The summed E-state index contributed by atoms with van der Waals surface area (Å²) in [4.78, 5) is 0. The van der Waals surface area contributed by atoms with Crippen molar-refractivity contribution in [2.45, 2.75) is 78.6 Å². The van der Waals surface area contributed by atoms with Crippen LogP contribution in [0.4, 0.5) is 0 Å². The van der Waals surface area contributed by atoms with Crippen LogP contribution < -0.4 is 5.73 Å². The summed E-state index contributed by atoms with van der Waals surface area (Å²) in [6, 6.07) is 0. The molecule has 1 nitrogen and oxygen atoms in total. The van der Waals surface area contributed by atoms with Gasteiger partial charge in [0.2, 0.25) is 0 Å². The zero-order valence-corrected chi connectivity index (χ0v) is 16.8. The standard InChI is InChI=1S/C24H39N/c1-17(7-6-16-25)20-11-12-21-19-10-9-18-8-4-5-14-23(18,2)22(19)13-15-24(20,21)3/h4-5,8,17,19-22H,6-7,9-16,25H2,1-3H3/t17-,19+,20-,21+,22+,23+,24-/m1/s1. The molecular weight excluding hydrogens is 302 g/mol. The van der Waals surface area contributed by atoms with Gasteiger partial charge in [0.1, 0.15) is 0 Å². The second kappa shape index (κ2) is 6.55. The summed E-state index contributed by atoms with van der Waals surface area (Å²) < 4.78 is 0.